The predicted octanol–water partition coefficient (Wildman–Crippen LogP) is 4.22. The summed E-state index contributed by atoms with van der Waals surface area (Å²) >= 11 is 2.40. The van der Waals surface area contributed by atoms with Crippen LogP contribution in [0.25, 0.3) is 0 Å². The van der Waals surface area contributed by atoms with Gasteiger partial charge in [-0.25, -0.2) is 4.39 Å². The lowest BCUT2D eigenvalue weighted by molar-refractivity contribution is 0.326. The Hall–Kier alpha value is -0.940. The molecule has 2 atom stereocenters. The van der Waals surface area contributed by atoms with Crippen LogP contribution in [0.1, 0.15) is 29.5 Å². The normalized spacial score (nSPS) is 26.5. The Bertz CT molecular complexity index is 697. The van der Waals surface area contributed by atoms with Crippen LogP contribution in [0.5, 0.6) is 0 Å². The molecule has 0 saturated carbocycles. The highest BCUT2D eigenvalue weighted by Crippen LogP contribution is 2.45. The average Bonchev–Trinajstić information content (AvgIpc) is 2.93. The second-order valence-corrected chi connectivity index (χ2v) is 7.80. The summed E-state index contributed by atoms with van der Waals surface area (Å²) < 4.78 is 14.5. The topological polar surface area (TPSA) is 12.0 Å². The summed E-state index contributed by atoms with van der Waals surface area (Å²) in [5, 5.41) is 3.71. The van der Waals surface area contributed by atoms with Crippen molar-refractivity contribution in [2.45, 2.75) is 37.1 Å². The molecule has 1 aliphatic carbocycles. The molecule has 1 nitrogen and oxygen atoms in total. The van der Waals surface area contributed by atoms with Gasteiger partial charge >= 0.3 is 0 Å². The van der Waals surface area contributed by atoms with Crippen molar-refractivity contribution in [2.75, 3.05) is 6.54 Å². The van der Waals surface area contributed by atoms with Crippen molar-refractivity contribution in [3.8, 4) is 0 Å². The SMILES string of the molecule is Fc1ccc(CC23CCNC2CCc2cc(I)ccc23)cc1. The van der Waals surface area contributed by atoms with E-state index < -0.39 is 0 Å². The molecule has 22 heavy (non-hydrogen) atoms. The smallest absolute Gasteiger partial charge is 0.123 e. The highest BCUT2D eigenvalue weighted by Gasteiger charge is 2.47. The molecule has 1 saturated heterocycles. The maximum absolute atomic E-state index is 13.2. The van der Waals surface area contributed by atoms with Crippen molar-refractivity contribution >= 4 is 22.6 Å². The van der Waals surface area contributed by atoms with Crippen LogP contribution in [0.4, 0.5) is 4.39 Å². The zero-order valence-corrected chi connectivity index (χ0v) is 14.6. The van der Waals surface area contributed by atoms with E-state index >= 15 is 0 Å². The zero-order chi connectivity index (χ0) is 15.2. The number of halogens is 2. The quantitative estimate of drug-likeness (QED) is 0.736. The number of fused-ring (bicyclic) bond motifs is 3. The lowest BCUT2D eigenvalue weighted by Gasteiger charge is -2.41. The second kappa shape index (κ2) is 5.60. The highest BCUT2D eigenvalue weighted by molar-refractivity contribution is 14.1. The van der Waals surface area contributed by atoms with Crippen LogP contribution >= 0.6 is 22.6 Å². The number of hydrogen-bond acceptors (Lipinski definition) is 1. The van der Waals surface area contributed by atoms with E-state index in [2.05, 4.69) is 46.1 Å². The van der Waals surface area contributed by atoms with E-state index in [9.17, 15) is 4.39 Å². The van der Waals surface area contributed by atoms with Gasteiger partial charge in [0.1, 0.15) is 5.82 Å². The van der Waals surface area contributed by atoms with E-state index in [1.807, 2.05) is 12.1 Å². The van der Waals surface area contributed by atoms with Gasteiger partial charge in [0.2, 0.25) is 0 Å². The molecule has 2 aliphatic rings. The number of hydrogen-bond donors (Lipinski definition) is 1. The molecule has 2 unspecified atom stereocenters. The summed E-state index contributed by atoms with van der Waals surface area (Å²) in [5.41, 5.74) is 4.43. The van der Waals surface area contributed by atoms with Crippen LogP contribution in [0.3, 0.4) is 0 Å². The summed E-state index contributed by atoms with van der Waals surface area (Å²) in [6.07, 6.45) is 4.53. The summed E-state index contributed by atoms with van der Waals surface area (Å²) in [7, 11) is 0. The lowest BCUT2D eigenvalue weighted by Crippen LogP contribution is -2.45. The van der Waals surface area contributed by atoms with Crippen LogP contribution in [-0.2, 0) is 18.3 Å². The van der Waals surface area contributed by atoms with Crippen LogP contribution in [0.15, 0.2) is 42.5 Å². The molecule has 2 aromatic carbocycles. The fourth-order valence-electron chi connectivity index (χ4n) is 4.37. The molecule has 1 N–H and O–H groups in total. The minimum Gasteiger partial charge on any atom is -0.313 e. The van der Waals surface area contributed by atoms with Gasteiger partial charge in [0.05, 0.1) is 0 Å². The van der Waals surface area contributed by atoms with Crippen LogP contribution in [0, 0.1) is 9.39 Å². The third-order valence-corrected chi connectivity index (χ3v) is 6.04. The maximum atomic E-state index is 13.2. The molecule has 1 heterocycles. The monoisotopic (exact) mass is 407 g/mol. The maximum Gasteiger partial charge on any atom is 0.123 e. The van der Waals surface area contributed by atoms with Crippen LogP contribution < -0.4 is 5.32 Å². The van der Waals surface area contributed by atoms with Crippen molar-refractivity contribution in [2.24, 2.45) is 0 Å². The number of aryl methyl sites for hydroxylation is 1. The van der Waals surface area contributed by atoms with Crippen LogP contribution in [0.2, 0.25) is 0 Å². The molecule has 1 fully saturated rings. The van der Waals surface area contributed by atoms with Gasteiger partial charge in [-0.2, -0.15) is 0 Å². The standard InChI is InChI=1S/C19H19FIN/c20-15-4-1-13(2-5-15)12-19-9-10-22-18(19)8-3-14-11-16(21)6-7-17(14)19/h1-2,4-7,11,18,22H,3,8-10,12H2. The third-order valence-electron chi connectivity index (χ3n) is 5.37. The molecule has 3 heteroatoms. The molecule has 0 spiro atoms. The largest absolute Gasteiger partial charge is 0.313 e. The average molecular weight is 407 g/mol. The lowest BCUT2D eigenvalue weighted by atomic mass is 9.64. The van der Waals surface area contributed by atoms with E-state index in [1.165, 1.54) is 33.1 Å². The van der Waals surface area contributed by atoms with Gasteiger partial charge in [-0.05, 0) is 95.8 Å². The minimum absolute atomic E-state index is 0.152. The first kappa shape index (κ1) is 14.6. The Kier molecular flexibility index (Phi) is 3.73. The van der Waals surface area contributed by atoms with Crippen LogP contribution in [-0.4, -0.2) is 12.6 Å². The third kappa shape index (κ3) is 2.38. The van der Waals surface area contributed by atoms with E-state index in [0.717, 1.165) is 19.4 Å². The summed E-state index contributed by atoms with van der Waals surface area (Å²) in [6.45, 7) is 1.08. The second-order valence-electron chi connectivity index (χ2n) is 6.56. The molecule has 0 amide bonds. The summed E-state index contributed by atoms with van der Waals surface area (Å²) in [5.74, 6) is -0.152. The fraction of sp³-hybridized carbons (Fsp3) is 0.368. The van der Waals surface area contributed by atoms with E-state index in [4.69, 9.17) is 0 Å². The van der Waals surface area contributed by atoms with Crippen molar-refractivity contribution in [3.63, 3.8) is 0 Å². The van der Waals surface area contributed by atoms with Crippen molar-refractivity contribution < 1.29 is 4.39 Å². The van der Waals surface area contributed by atoms with Gasteiger partial charge in [-0.15, -0.1) is 0 Å². The van der Waals surface area contributed by atoms with E-state index in [-0.39, 0.29) is 11.2 Å². The number of benzene rings is 2. The Morgan fingerprint density at radius 3 is 2.82 bits per heavy atom. The number of nitrogens with one attached hydrogen (secondary N) is 1. The van der Waals surface area contributed by atoms with Gasteiger partial charge < -0.3 is 5.32 Å². The van der Waals surface area contributed by atoms with Gasteiger partial charge in [0.25, 0.3) is 0 Å². The molecule has 2 aromatic rings. The number of rotatable bonds is 2. The summed E-state index contributed by atoms with van der Waals surface area (Å²) in [4.78, 5) is 0. The summed E-state index contributed by atoms with van der Waals surface area (Å²) in [6, 6.07) is 14.5. The van der Waals surface area contributed by atoms with Crippen molar-refractivity contribution in [1.82, 2.24) is 5.32 Å². The minimum atomic E-state index is -0.152. The highest BCUT2D eigenvalue weighted by atomic mass is 127. The Morgan fingerprint density at radius 2 is 2.00 bits per heavy atom. The van der Waals surface area contributed by atoms with Crippen molar-refractivity contribution in [1.29, 1.82) is 0 Å². The zero-order valence-electron chi connectivity index (χ0n) is 12.4. The Labute approximate surface area is 144 Å². The molecule has 1 aliphatic heterocycles. The molecule has 0 radical (unpaired) electrons. The Morgan fingerprint density at radius 1 is 1.18 bits per heavy atom. The first-order valence-corrected chi connectivity index (χ1v) is 9.02. The molecular formula is C19H19FIN. The predicted molar refractivity (Wildman–Crippen MR) is 95.7 cm³/mol. The van der Waals surface area contributed by atoms with E-state index in [0.29, 0.717) is 6.04 Å². The van der Waals surface area contributed by atoms with Crippen molar-refractivity contribution in [3.05, 3.63) is 68.5 Å². The van der Waals surface area contributed by atoms with Gasteiger partial charge in [0, 0.05) is 15.0 Å². The molecule has 0 bridgehead atoms. The fourth-order valence-corrected chi connectivity index (χ4v) is 4.92. The first-order chi connectivity index (χ1) is 10.7. The molecule has 114 valence electrons. The van der Waals surface area contributed by atoms with Gasteiger partial charge in [0.15, 0.2) is 0 Å². The first-order valence-electron chi connectivity index (χ1n) is 7.94. The molecular weight excluding hydrogens is 388 g/mol. The van der Waals surface area contributed by atoms with Gasteiger partial charge in [-0.1, -0.05) is 18.2 Å². The molecule has 0 aromatic heterocycles. The van der Waals surface area contributed by atoms with Gasteiger partial charge in [-0.3, -0.25) is 0 Å². The molecule has 4 rings (SSSR count). The van der Waals surface area contributed by atoms with E-state index in [1.54, 1.807) is 12.1 Å². The Balaban J connectivity index is 1.78.